The number of hydrogen-bond acceptors (Lipinski definition) is 5. The molecule has 0 bridgehead atoms. The van der Waals surface area contributed by atoms with Gasteiger partial charge in [0.25, 0.3) is 0 Å². The van der Waals surface area contributed by atoms with Crippen LogP contribution in [0.15, 0.2) is 24.3 Å². The van der Waals surface area contributed by atoms with Crippen molar-refractivity contribution in [2.75, 3.05) is 25.2 Å². The first-order valence-corrected chi connectivity index (χ1v) is 8.31. The number of aryl methyl sites for hydroxylation is 1. The molecule has 1 atom stereocenters. The average molecular weight is 367 g/mol. The van der Waals surface area contributed by atoms with Crippen molar-refractivity contribution in [3.8, 4) is 17.0 Å². The van der Waals surface area contributed by atoms with Gasteiger partial charge in [0.2, 0.25) is 0 Å². The van der Waals surface area contributed by atoms with E-state index in [1.54, 1.807) is 19.2 Å². The van der Waals surface area contributed by atoms with Crippen LogP contribution < -0.4 is 4.90 Å². The molecule has 3 rings (SSSR count). The number of methoxy groups -OCH3 is 1. The van der Waals surface area contributed by atoms with Gasteiger partial charge >= 0.3 is 6.18 Å². The maximum absolute atomic E-state index is 12.9. The fourth-order valence-electron chi connectivity index (χ4n) is 3.38. The highest BCUT2D eigenvalue weighted by atomic mass is 19.4. The molecule has 1 saturated heterocycles. The van der Waals surface area contributed by atoms with Gasteiger partial charge in [0.05, 0.1) is 23.9 Å². The Morgan fingerprint density at radius 3 is 2.62 bits per heavy atom. The Bertz CT molecular complexity index is 755. The lowest BCUT2D eigenvalue weighted by Gasteiger charge is -2.24. The molecule has 0 unspecified atom stereocenters. The summed E-state index contributed by atoms with van der Waals surface area (Å²) in [6.45, 7) is 2.96. The van der Waals surface area contributed by atoms with E-state index in [4.69, 9.17) is 4.74 Å². The van der Waals surface area contributed by atoms with Crippen LogP contribution in [0.1, 0.15) is 24.0 Å². The number of hydrogen-bond donors (Lipinski definition) is 1. The van der Waals surface area contributed by atoms with E-state index in [-0.39, 0.29) is 17.2 Å². The molecule has 2 heterocycles. The fourth-order valence-corrected chi connectivity index (χ4v) is 3.38. The normalized spacial score (nSPS) is 17.7. The summed E-state index contributed by atoms with van der Waals surface area (Å²) in [6.07, 6.45) is -2.46. The molecule has 1 aromatic carbocycles. The molecular weight excluding hydrogens is 347 g/mol. The maximum atomic E-state index is 12.9. The minimum absolute atomic E-state index is 0.237. The van der Waals surface area contributed by atoms with Crippen molar-refractivity contribution in [2.24, 2.45) is 0 Å². The van der Waals surface area contributed by atoms with E-state index < -0.39 is 17.5 Å². The van der Waals surface area contributed by atoms with Crippen molar-refractivity contribution in [1.29, 1.82) is 0 Å². The van der Waals surface area contributed by atoms with Gasteiger partial charge in [-0.05, 0) is 49.6 Å². The molecular formula is C18H20F3N3O2. The zero-order valence-corrected chi connectivity index (χ0v) is 14.5. The number of nitrogens with zero attached hydrogens (tertiary/aromatic N) is 3. The molecule has 0 radical (unpaired) electrons. The van der Waals surface area contributed by atoms with E-state index in [0.29, 0.717) is 24.2 Å². The predicted octanol–water partition coefficient (Wildman–Crippen LogP) is 3.79. The molecule has 0 spiro atoms. The Hall–Kier alpha value is -2.35. The molecule has 1 aliphatic rings. The lowest BCUT2D eigenvalue weighted by molar-refractivity contribution is -0.137. The van der Waals surface area contributed by atoms with Crippen LogP contribution >= 0.6 is 0 Å². The molecule has 1 N–H and O–H groups in total. The zero-order valence-electron chi connectivity index (χ0n) is 14.5. The quantitative estimate of drug-likeness (QED) is 0.891. The molecule has 0 saturated carbocycles. The second-order valence-electron chi connectivity index (χ2n) is 6.41. The molecule has 1 aromatic heterocycles. The fraction of sp³-hybridized carbons (Fsp3) is 0.444. The van der Waals surface area contributed by atoms with Crippen molar-refractivity contribution in [3.63, 3.8) is 0 Å². The number of alkyl halides is 3. The van der Waals surface area contributed by atoms with Crippen LogP contribution in [0.2, 0.25) is 0 Å². The van der Waals surface area contributed by atoms with Crippen molar-refractivity contribution in [1.82, 2.24) is 10.2 Å². The van der Waals surface area contributed by atoms with Crippen LogP contribution in [0, 0.1) is 6.92 Å². The standard InChI is InChI=1S/C18H20F3N3O2/c1-11-8-12(18(19,20)21)9-15(25)17(11)14-5-6-16(23-22-14)24-7-3-4-13(24)10-26-2/h5-6,8-9,13,25H,3-4,7,10H2,1-2H3/t13-/m1/s1. The van der Waals surface area contributed by atoms with Gasteiger partial charge in [0.1, 0.15) is 5.75 Å². The van der Waals surface area contributed by atoms with E-state index in [0.717, 1.165) is 25.5 Å². The topological polar surface area (TPSA) is 58.5 Å². The number of ether oxygens (including phenoxy) is 1. The number of benzene rings is 1. The zero-order chi connectivity index (χ0) is 18.9. The minimum Gasteiger partial charge on any atom is -0.507 e. The Kier molecular flexibility index (Phi) is 5.04. The second kappa shape index (κ2) is 7.11. The van der Waals surface area contributed by atoms with Gasteiger partial charge in [-0.15, -0.1) is 10.2 Å². The molecule has 0 aliphatic carbocycles. The third-order valence-corrected chi connectivity index (χ3v) is 4.58. The highest BCUT2D eigenvalue weighted by molar-refractivity contribution is 5.71. The number of halogens is 3. The summed E-state index contributed by atoms with van der Waals surface area (Å²) in [4.78, 5) is 2.11. The van der Waals surface area contributed by atoms with Gasteiger partial charge in [0, 0.05) is 19.2 Å². The van der Waals surface area contributed by atoms with Gasteiger partial charge < -0.3 is 14.7 Å². The van der Waals surface area contributed by atoms with Crippen LogP contribution in [-0.2, 0) is 10.9 Å². The summed E-state index contributed by atoms with van der Waals surface area (Å²) < 4.78 is 43.8. The van der Waals surface area contributed by atoms with Crippen molar-refractivity contribution < 1.29 is 23.0 Å². The molecule has 8 heteroatoms. The summed E-state index contributed by atoms with van der Waals surface area (Å²) in [7, 11) is 1.65. The number of anilines is 1. The number of aromatic hydroxyl groups is 1. The molecule has 2 aromatic rings. The Morgan fingerprint density at radius 2 is 2.04 bits per heavy atom. The Balaban J connectivity index is 1.90. The third-order valence-electron chi connectivity index (χ3n) is 4.58. The molecule has 26 heavy (non-hydrogen) atoms. The van der Waals surface area contributed by atoms with Gasteiger partial charge in [0.15, 0.2) is 5.82 Å². The minimum atomic E-state index is -4.51. The number of phenolic OH excluding ortho intramolecular Hbond substituents is 1. The highest BCUT2D eigenvalue weighted by Gasteiger charge is 2.32. The number of aromatic nitrogens is 2. The van der Waals surface area contributed by atoms with Gasteiger partial charge in [-0.3, -0.25) is 0 Å². The smallest absolute Gasteiger partial charge is 0.416 e. The summed E-state index contributed by atoms with van der Waals surface area (Å²) >= 11 is 0. The number of rotatable bonds is 4. The van der Waals surface area contributed by atoms with E-state index in [2.05, 4.69) is 15.1 Å². The lowest BCUT2D eigenvalue weighted by atomic mass is 10.0. The van der Waals surface area contributed by atoms with Crippen LogP contribution in [0.5, 0.6) is 5.75 Å². The van der Waals surface area contributed by atoms with E-state index in [9.17, 15) is 18.3 Å². The third kappa shape index (κ3) is 3.60. The van der Waals surface area contributed by atoms with E-state index in [1.165, 1.54) is 6.92 Å². The number of phenols is 1. The molecule has 140 valence electrons. The van der Waals surface area contributed by atoms with Crippen LogP contribution in [0.25, 0.3) is 11.3 Å². The average Bonchev–Trinajstić information content (AvgIpc) is 3.02. The Morgan fingerprint density at radius 1 is 1.27 bits per heavy atom. The van der Waals surface area contributed by atoms with Crippen molar-refractivity contribution in [3.05, 3.63) is 35.4 Å². The monoisotopic (exact) mass is 367 g/mol. The predicted molar refractivity (Wildman–Crippen MR) is 91.1 cm³/mol. The van der Waals surface area contributed by atoms with Crippen LogP contribution in [0.3, 0.4) is 0 Å². The molecule has 1 aliphatic heterocycles. The van der Waals surface area contributed by atoms with Gasteiger partial charge in [-0.25, -0.2) is 0 Å². The summed E-state index contributed by atoms with van der Waals surface area (Å²) in [6, 6.07) is 5.39. The molecule has 0 amide bonds. The molecule has 1 fully saturated rings. The van der Waals surface area contributed by atoms with Crippen LogP contribution in [-0.4, -0.2) is 41.6 Å². The lowest BCUT2D eigenvalue weighted by Crippen LogP contribution is -2.33. The Labute approximate surface area is 149 Å². The maximum Gasteiger partial charge on any atom is 0.416 e. The largest absolute Gasteiger partial charge is 0.507 e. The van der Waals surface area contributed by atoms with Crippen molar-refractivity contribution >= 4 is 5.82 Å². The van der Waals surface area contributed by atoms with Gasteiger partial charge in [-0.1, -0.05) is 0 Å². The first-order valence-electron chi connectivity index (χ1n) is 8.31. The van der Waals surface area contributed by atoms with E-state index >= 15 is 0 Å². The van der Waals surface area contributed by atoms with Gasteiger partial charge in [-0.2, -0.15) is 13.2 Å². The summed E-state index contributed by atoms with van der Waals surface area (Å²) in [5.41, 5.74) is -0.00927. The summed E-state index contributed by atoms with van der Waals surface area (Å²) in [5, 5.41) is 18.4. The van der Waals surface area contributed by atoms with Crippen molar-refractivity contribution in [2.45, 2.75) is 32.0 Å². The second-order valence-corrected chi connectivity index (χ2v) is 6.41. The first kappa shape index (κ1) is 18.4. The molecule has 5 nitrogen and oxygen atoms in total. The first-order chi connectivity index (χ1) is 12.3. The highest BCUT2D eigenvalue weighted by Crippen LogP contribution is 2.38. The summed E-state index contributed by atoms with van der Waals surface area (Å²) in [5.74, 6) is 0.232. The van der Waals surface area contributed by atoms with E-state index in [1.807, 2.05) is 0 Å². The SMILES string of the molecule is COC[C@H]1CCCN1c1ccc(-c2c(C)cc(C(F)(F)F)cc2O)nn1. The van der Waals surface area contributed by atoms with Crippen LogP contribution in [0.4, 0.5) is 19.0 Å².